The topological polar surface area (TPSA) is 93.7 Å². The van der Waals surface area contributed by atoms with Crippen molar-refractivity contribution in [3.63, 3.8) is 0 Å². The number of para-hydroxylation sites is 1. The summed E-state index contributed by atoms with van der Waals surface area (Å²) < 4.78 is 51.6. The largest absolute Gasteiger partial charge is 0.490 e. The molecule has 1 aliphatic rings. The quantitative estimate of drug-likeness (QED) is 0.784. The van der Waals surface area contributed by atoms with Gasteiger partial charge in [-0.3, -0.25) is 4.79 Å². The van der Waals surface area contributed by atoms with Gasteiger partial charge in [0.1, 0.15) is 5.82 Å². The molecule has 7 nitrogen and oxygen atoms in total. The molecule has 9 heteroatoms. The maximum Gasteiger partial charge on any atom is 0.240 e. The van der Waals surface area contributed by atoms with E-state index in [9.17, 15) is 17.6 Å². The Balaban J connectivity index is 1.58. The van der Waals surface area contributed by atoms with Crippen LogP contribution in [0.15, 0.2) is 47.4 Å². The summed E-state index contributed by atoms with van der Waals surface area (Å²) in [7, 11) is -3.82. The van der Waals surface area contributed by atoms with Gasteiger partial charge in [-0.25, -0.2) is 17.5 Å². The summed E-state index contributed by atoms with van der Waals surface area (Å²) in [5.41, 5.74) is 0.0493. The second-order valence-corrected chi connectivity index (χ2v) is 7.60. The number of nitrogens with one attached hydrogen (secondary N) is 2. The van der Waals surface area contributed by atoms with Gasteiger partial charge in [-0.1, -0.05) is 12.1 Å². The van der Waals surface area contributed by atoms with Gasteiger partial charge >= 0.3 is 0 Å². The van der Waals surface area contributed by atoms with Gasteiger partial charge < -0.3 is 14.8 Å². The number of rotatable bonds is 6. The van der Waals surface area contributed by atoms with Crippen molar-refractivity contribution in [3.05, 3.63) is 48.3 Å². The van der Waals surface area contributed by atoms with E-state index < -0.39 is 21.7 Å². The average Bonchev–Trinajstić information content (AvgIpc) is 2.88. The van der Waals surface area contributed by atoms with E-state index in [1.54, 1.807) is 12.1 Å². The lowest BCUT2D eigenvalue weighted by Crippen LogP contribution is -2.28. The van der Waals surface area contributed by atoms with Crippen molar-refractivity contribution < 1.29 is 27.1 Å². The first-order valence-corrected chi connectivity index (χ1v) is 9.88. The summed E-state index contributed by atoms with van der Waals surface area (Å²) in [6, 6.07) is 10.1. The second-order valence-electron chi connectivity index (χ2n) is 5.83. The van der Waals surface area contributed by atoms with E-state index in [1.165, 1.54) is 30.3 Å². The van der Waals surface area contributed by atoms with Crippen molar-refractivity contribution >= 4 is 21.6 Å². The molecule has 1 amide bonds. The van der Waals surface area contributed by atoms with Crippen LogP contribution in [0.1, 0.15) is 12.8 Å². The molecule has 3 rings (SSSR count). The van der Waals surface area contributed by atoms with Crippen LogP contribution < -0.4 is 19.5 Å². The first-order valence-electron chi connectivity index (χ1n) is 8.39. The molecule has 0 atom stereocenters. The fourth-order valence-corrected chi connectivity index (χ4v) is 3.52. The Bertz CT molecular complexity index is 933. The van der Waals surface area contributed by atoms with Gasteiger partial charge in [-0.2, -0.15) is 0 Å². The first-order chi connectivity index (χ1) is 13.0. The van der Waals surface area contributed by atoms with Crippen molar-refractivity contribution in [1.29, 1.82) is 0 Å². The Morgan fingerprint density at radius 2 is 1.81 bits per heavy atom. The number of hydrogen-bond acceptors (Lipinski definition) is 5. The van der Waals surface area contributed by atoms with Crippen LogP contribution in [0.25, 0.3) is 0 Å². The third-order valence-corrected chi connectivity index (χ3v) is 5.28. The molecular weight excluding hydrogens is 375 g/mol. The second kappa shape index (κ2) is 8.36. The minimum atomic E-state index is -3.82. The van der Waals surface area contributed by atoms with Crippen LogP contribution in [0, 0.1) is 5.82 Å². The Kier molecular flexibility index (Phi) is 5.92. The monoisotopic (exact) mass is 394 g/mol. The molecule has 0 aliphatic carbocycles. The van der Waals surface area contributed by atoms with Crippen LogP contribution in [0.3, 0.4) is 0 Å². The summed E-state index contributed by atoms with van der Waals surface area (Å²) in [4.78, 5) is 11.9. The highest BCUT2D eigenvalue weighted by atomic mass is 32.2. The Hall–Kier alpha value is -2.65. The summed E-state index contributed by atoms with van der Waals surface area (Å²) in [6.45, 7) is 0.825. The molecule has 0 fully saturated rings. The number of hydrogen-bond donors (Lipinski definition) is 2. The number of benzene rings is 2. The molecule has 27 heavy (non-hydrogen) atoms. The minimum Gasteiger partial charge on any atom is -0.490 e. The minimum absolute atomic E-state index is 0.0151. The SMILES string of the molecule is O=C(CCNS(=O)(=O)c1ccc2c(c1)OCCCO2)Nc1ccccc1F. The Morgan fingerprint density at radius 1 is 1.07 bits per heavy atom. The highest BCUT2D eigenvalue weighted by Gasteiger charge is 2.19. The highest BCUT2D eigenvalue weighted by Crippen LogP contribution is 2.31. The number of carbonyl (C=O) groups excluding carboxylic acids is 1. The molecule has 0 radical (unpaired) electrons. The van der Waals surface area contributed by atoms with Crippen LogP contribution in [0.2, 0.25) is 0 Å². The molecule has 1 aliphatic heterocycles. The number of halogens is 1. The molecule has 2 aromatic carbocycles. The Morgan fingerprint density at radius 3 is 2.59 bits per heavy atom. The number of carbonyl (C=O) groups is 1. The zero-order chi connectivity index (χ0) is 19.3. The molecule has 144 valence electrons. The molecule has 0 spiro atoms. The lowest BCUT2D eigenvalue weighted by Gasteiger charge is -2.11. The van der Waals surface area contributed by atoms with Crippen LogP contribution in [-0.4, -0.2) is 34.1 Å². The van der Waals surface area contributed by atoms with Crippen molar-refractivity contribution in [3.8, 4) is 11.5 Å². The van der Waals surface area contributed by atoms with Gasteiger partial charge in [-0.05, 0) is 24.3 Å². The number of ether oxygens (including phenoxy) is 2. The molecule has 2 aromatic rings. The third-order valence-electron chi connectivity index (χ3n) is 3.82. The fourth-order valence-electron chi connectivity index (χ4n) is 2.47. The molecule has 1 heterocycles. The maximum atomic E-state index is 13.5. The van der Waals surface area contributed by atoms with Gasteiger partial charge in [0, 0.05) is 25.5 Å². The van der Waals surface area contributed by atoms with Gasteiger partial charge in [0.05, 0.1) is 23.8 Å². The van der Waals surface area contributed by atoms with E-state index in [0.717, 1.165) is 0 Å². The number of amides is 1. The third kappa shape index (κ3) is 4.95. The zero-order valence-electron chi connectivity index (χ0n) is 14.4. The summed E-state index contributed by atoms with van der Waals surface area (Å²) in [5.74, 6) is -0.191. The Labute approximate surface area is 156 Å². The number of anilines is 1. The average molecular weight is 394 g/mol. The maximum absolute atomic E-state index is 13.5. The number of fused-ring (bicyclic) bond motifs is 1. The van der Waals surface area contributed by atoms with Crippen molar-refractivity contribution in [2.24, 2.45) is 0 Å². The number of sulfonamides is 1. The zero-order valence-corrected chi connectivity index (χ0v) is 15.2. The van der Waals surface area contributed by atoms with Gasteiger partial charge in [0.25, 0.3) is 0 Å². The van der Waals surface area contributed by atoms with E-state index in [4.69, 9.17) is 9.47 Å². The van der Waals surface area contributed by atoms with Crippen molar-refractivity contribution in [2.45, 2.75) is 17.7 Å². The summed E-state index contributed by atoms with van der Waals surface area (Å²) in [6.07, 6.45) is 0.574. The predicted octanol–water partition coefficient (Wildman–Crippen LogP) is 2.29. The normalized spacial score (nSPS) is 13.7. The summed E-state index contributed by atoms with van der Waals surface area (Å²) >= 11 is 0. The standard InChI is InChI=1S/C18H19FN2O5S/c19-14-4-1-2-5-15(14)21-18(22)8-9-20-27(23,24)13-6-7-16-17(12-13)26-11-3-10-25-16/h1-2,4-7,12,20H,3,8-11H2,(H,21,22). The lowest BCUT2D eigenvalue weighted by molar-refractivity contribution is -0.116. The van der Waals surface area contributed by atoms with Crippen LogP contribution in [-0.2, 0) is 14.8 Å². The molecular formula is C18H19FN2O5S. The van der Waals surface area contributed by atoms with E-state index in [1.807, 2.05) is 0 Å². The van der Waals surface area contributed by atoms with Crippen molar-refractivity contribution in [1.82, 2.24) is 4.72 Å². The smallest absolute Gasteiger partial charge is 0.240 e. The van der Waals surface area contributed by atoms with Crippen LogP contribution >= 0.6 is 0 Å². The molecule has 0 saturated heterocycles. The fraction of sp³-hybridized carbons (Fsp3) is 0.278. The van der Waals surface area contributed by atoms with Gasteiger partial charge in [-0.15, -0.1) is 0 Å². The summed E-state index contributed by atoms with van der Waals surface area (Å²) in [5, 5.41) is 2.40. The van der Waals surface area contributed by atoms with Crippen LogP contribution in [0.4, 0.5) is 10.1 Å². The molecule has 0 aromatic heterocycles. The van der Waals surface area contributed by atoms with E-state index in [0.29, 0.717) is 31.1 Å². The first kappa shape index (κ1) is 19.1. The lowest BCUT2D eigenvalue weighted by atomic mass is 10.3. The predicted molar refractivity (Wildman–Crippen MR) is 96.9 cm³/mol. The van der Waals surface area contributed by atoms with Crippen molar-refractivity contribution in [2.75, 3.05) is 25.1 Å². The van der Waals surface area contributed by atoms with Gasteiger partial charge in [0.2, 0.25) is 15.9 Å². The highest BCUT2D eigenvalue weighted by molar-refractivity contribution is 7.89. The van der Waals surface area contributed by atoms with E-state index in [-0.39, 0.29) is 23.5 Å². The molecule has 0 unspecified atom stereocenters. The molecule has 0 saturated carbocycles. The van der Waals surface area contributed by atoms with Crippen LogP contribution in [0.5, 0.6) is 11.5 Å². The van der Waals surface area contributed by atoms with E-state index >= 15 is 0 Å². The van der Waals surface area contributed by atoms with Gasteiger partial charge in [0.15, 0.2) is 11.5 Å². The molecule has 2 N–H and O–H groups in total. The van der Waals surface area contributed by atoms with E-state index in [2.05, 4.69) is 10.0 Å². The molecule has 0 bridgehead atoms.